The summed E-state index contributed by atoms with van der Waals surface area (Å²) in [5.74, 6) is -0.544. The molecule has 3 heterocycles. The van der Waals surface area contributed by atoms with Gasteiger partial charge in [-0.1, -0.05) is 28.1 Å². The minimum absolute atomic E-state index is 0.0499. The summed E-state index contributed by atoms with van der Waals surface area (Å²) in [7, 11) is 0. The third kappa shape index (κ3) is 5.05. The second kappa shape index (κ2) is 8.93. The van der Waals surface area contributed by atoms with Crippen LogP contribution in [0, 0.1) is 0 Å². The van der Waals surface area contributed by atoms with Gasteiger partial charge in [0.2, 0.25) is 0 Å². The molecule has 2 aromatic heterocycles. The van der Waals surface area contributed by atoms with E-state index in [1.54, 1.807) is 24.3 Å². The molecule has 1 aliphatic heterocycles. The van der Waals surface area contributed by atoms with Gasteiger partial charge in [0.15, 0.2) is 17.0 Å². The van der Waals surface area contributed by atoms with E-state index >= 15 is 0 Å². The predicted molar refractivity (Wildman–Crippen MR) is 111 cm³/mol. The first kappa shape index (κ1) is 21.7. The van der Waals surface area contributed by atoms with E-state index in [1.165, 1.54) is 6.07 Å². The van der Waals surface area contributed by atoms with Gasteiger partial charge in [0.1, 0.15) is 0 Å². The van der Waals surface area contributed by atoms with Gasteiger partial charge in [-0.3, -0.25) is 9.69 Å². The average molecular weight is 498 g/mol. The highest BCUT2D eigenvalue weighted by Crippen LogP contribution is 2.32. The Hall–Kier alpha value is -2.50. The highest BCUT2D eigenvalue weighted by molar-refractivity contribution is 9.10. The van der Waals surface area contributed by atoms with Gasteiger partial charge in [-0.05, 0) is 18.2 Å². The minimum Gasteiger partial charge on any atom is -0.379 e. The maximum Gasteiger partial charge on any atom is 0.433 e. The van der Waals surface area contributed by atoms with Crippen molar-refractivity contribution in [3.63, 3.8) is 0 Å². The molecule has 164 valence electrons. The number of carbonyl (C=O) groups excluding carboxylic acids is 1. The van der Waals surface area contributed by atoms with Crippen molar-refractivity contribution >= 4 is 27.5 Å². The molecule has 3 aromatic rings. The van der Waals surface area contributed by atoms with Crippen LogP contribution in [0.3, 0.4) is 0 Å². The normalized spacial score (nSPS) is 15.4. The molecule has 1 fully saturated rings. The molecular weight excluding hydrogens is 479 g/mol. The van der Waals surface area contributed by atoms with Crippen LogP contribution in [0.15, 0.2) is 40.9 Å². The molecule has 0 bridgehead atoms. The zero-order valence-corrected chi connectivity index (χ0v) is 17.9. The van der Waals surface area contributed by atoms with Crippen LogP contribution in [0.4, 0.5) is 13.2 Å². The molecule has 1 aliphatic rings. The van der Waals surface area contributed by atoms with Gasteiger partial charge in [-0.15, -0.1) is 0 Å². The lowest BCUT2D eigenvalue weighted by Gasteiger charge is -2.26. The molecule has 31 heavy (non-hydrogen) atoms. The number of benzene rings is 1. The standard InChI is InChI=1S/C20H19BrF3N5O2/c21-14-3-1-13(2-4-14)15-11-17(20(22,23)24)29-18(26-15)12-16(27-29)19(30)25-5-6-28-7-9-31-10-8-28/h1-4,11-12H,5-10H2,(H,25,30). The monoisotopic (exact) mass is 497 g/mol. The Balaban J connectivity index is 1.59. The number of hydrogen-bond acceptors (Lipinski definition) is 5. The molecule has 11 heteroatoms. The van der Waals surface area contributed by atoms with Gasteiger partial charge < -0.3 is 10.1 Å². The van der Waals surface area contributed by atoms with Crippen LogP contribution in [0.1, 0.15) is 16.2 Å². The van der Waals surface area contributed by atoms with Gasteiger partial charge in [-0.25, -0.2) is 9.50 Å². The van der Waals surface area contributed by atoms with Gasteiger partial charge >= 0.3 is 6.18 Å². The van der Waals surface area contributed by atoms with Crippen molar-refractivity contribution in [3.8, 4) is 11.3 Å². The summed E-state index contributed by atoms with van der Waals surface area (Å²) in [6, 6.07) is 8.97. The van der Waals surface area contributed by atoms with Gasteiger partial charge in [0, 0.05) is 42.3 Å². The van der Waals surface area contributed by atoms with E-state index in [0.29, 0.717) is 36.4 Å². The smallest absolute Gasteiger partial charge is 0.379 e. The number of alkyl halides is 3. The molecule has 0 saturated carbocycles. The second-order valence-electron chi connectivity index (χ2n) is 7.04. The van der Waals surface area contributed by atoms with Crippen molar-refractivity contribution in [2.24, 2.45) is 0 Å². The topological polar surface area (TPSA) is 71.8 Å². The SMILES string of the molecule is O=C(NCCN1CCOCC1)c1cc2nc(-c3ccc(Br)cc3)cc(C(F)(F)F)n2n1. The summed E-state index contributed by atoms with van der Waals surface area (Å²) in [5.41, 5.74) is -0.498. The van der Waals surface area contributed by atoms with Crippen molar-refractivity contribution in [1.29, 1.82) is 0 Å². The fourth-order valence-electron chi connectivity index (χ4n) is 3.30. The number of morpholine rings is 1. The summed E-state index contributed by atoms with van der Waals surface area (Å²) in [5, 5.41) is 6.58. The number of hydrogen-bond donors (Lipinski definition) is 1. The van der Waals surface area contributed by atoms with E-state index in [2.05, 4.69) is 36.2 Å². The number of aromatic nitrogens is 3. The van der Waals surface area contributed by atoms with Crippen molar-refractivity contribution in [3.05, 3.63) is 52.3 Å². The lowest BCUT2D eigenvalue weighted by molar-refractivity contribution is -0.142. The van der Waals surface area contributed by atoms with Crippen molar-refractivity contribution in [2.75, 3.05) is 39.4 Å². The third-order valence-corrected chi connectivity index (χ3v) is 5.44. The molecule has 0 spiro atoms. The summed E-state index contributed by atoms with van der Waals surface area (Å²) >= 11 is 3.30. The van der Waals surface area contributed by atoms with Crippen LogP contribution in [0.25, 0.3) is 16.9 Å². The molecule has 0 atom stereocenters. The Kier molecular flexibility index (Phi) is 6.26. The van der Waals surface area contributed by atoms with E-state index in [0.717, 1.165) is 23.6 Å². The largest absolute Gasteiger partial charge is 0.433 e. The molecule has 1 N–H and O–H groups in total. The van der Waals surface area contributed by atoms with Gasteiger partial charge in [0.25, 0.3) is 5.91 Å². The summed E-state index contributed by atoms with van der Waals surface area (Å²) < 4.78 is 47.8. The zero-order chi connectivity index (χ0) is 22.0. The number of nitrogens with one attached hydrogen (secondary N) is 1. The number of fused-ring (bicyclic) bond motifs is 1. The molecule has 1 saturated heterocycles. The lowest BCUT2D eigenvalue weighted by atomic mass is 10.1. The van der Waals surface area contributed by atoms with Crippen molar-refractivity contribution < 1.29 is 22.7 Å². The van der Waals surface area contributed by atoms with Crippen LogP contribution < -0.4 is 5.32 Å². The molecule has 1 aromatic carbocycles. The van der Waals surface area contributed by atoms with Crippen molar-refractivity contribution in [1.82, 2.24) is 24.8 Å². The molecule has 7 nitrogen and oxygen atoms in total. The maximum atomic E-state index is 13.7. The number of ether oxygens (including phenoxy) is 1. The molecule has 0 radical (unpaired) electrons. The number of halogens is 4. The summed E-state index contributed by atoms with van der Waals surface area (Å²) in [6.45, 7) is 3.84. The zero-order valence-electron chi connectivity index (χ0n) is 16.3. The fraction of sp³-hybridized carbons (Fsp3) is 0.350. The van der Waals surface area contributed by atoms with Crippen LogP contribution in [-0.4, -0.2) is 64.8 Å². The average Bonchev–Trinajstić information content (AvgIpc) is 3.18. The lowest BCUT2D eigenvalue weighted by Crippen LogP contribution is -2.41. The fourth-order valence-corrected chi connectivity index (χ4v) is 3.56. The Morgan fingerprint density at radius 2 is 1.87 bits per heavy atom. The Morgan fingerprint density at radius 1 is 1.16 bits per heavy atom. The van der Waals surface area contributed by atoms with Crippen LogP contribution in [0.5, 0.6) is 0 Å². The Labute approximate surface area is 184 Å². The highest BCUT2D eigenvalue weighted by Gasteiger charge is 2.35. The number of nitrogens with zero attached hydrogens (tertiary/aromatic N) is 4. The van der Waals surface area contributed by atoms with E-state index in [9.17, 15) is 18.0 Å². The predicted octanol–water partition coefficient (Wildman–Crippen LogP) is 3.24. The maximum absolute atomic E-state index is 13.7. The number of carbonyl (C=O) groups is 1. The minimum atomic E-state index is -4.67. The van der Waals surface area contributed by atoms with Crippen molar-refractivity contribution in [2.45, 2.75) is 6.18 Å². The van der Waals surface area contributed by atoms with Crippen LogP contribution in [0.2, 0.25) is 0 Å². The molecular formula is C20H19BrF3N5O2. The van der Waals surface area contributed by atoms with E-state index in [4.69, 9.17) is 4.74 Å². The first-order valence-corrected chi connectivity index (χ1v) is 10.4. The van der Waals surface area contributed by atoms with Crippen LogP contribution >= 0.6 is 15.9 Å². The molecule has 1 amide bonds. The number of amides is 1. The Morgan fingerprint density at radius 3 is 2.55 bits per heavy atom. The van der Waals surface area contributed by atoms with E-state index in [-0.39, 0.29) is 17.0 Å². The third-order valence-electron chi connectivity index (χ3n) is 4.91. The highest BCUT2D eigenvalue weighted by atomic mass is 79.9. The molecule has 4 rings (SSSR count). The first-order valence-electron chi connectivity index (χ1n) is 9.63. The second-order valence-corrected chi connectivity index (χ2v) is 7.96. The van der Waals surface area contributed by atoms with Crippen LogP contribution in [-0.2, 0) is 10.9 Å². The molecule has 0 unspecified atom stereocenters. The van der Waals surface area contributed by atoms with Gasteiger partial charge in [-0.2, -0.15) is 18.3 Å². The summed E-state index contributed by atoms with van der Waals surface area (Å²) in [4.78, 5) is 18.9. The first-order chi connectivity index (χ1) is 14.8. The quantitative estimate of drug-likeness (QED) is 0.585. The summed E-state index contributed by atoms with van der Waals surface area (Å²) in [6.07, 6.45) is -4.67. The van der Waals surface area contributed by atoms with E-state index in [1.807, 2.05) is 0 Å². The number of rotatable bonds is 5. The molecule has 0 aliphatic carbocycles. The van der Waals surface area contributed by atoms with Gasteiger partial charge in [0.05, 0.1) is 18.9 Å². The van der Waals surface area contributed by atoms with E-state index < -0.39 is 17.8 Å². The Bertz CT molecular complexity index is 1080.